The minimum atomic E-state index is -0.657. The Morgan fingerprint density at radius 2 is 1.52 bits per heavy atom. The van der Waals surface area contributed by atoms with E-state index in [9.17, 15) is 14.7 Å². The van der Waals surface area contributed by atoms with Crippen LogP contribution >= 0.6 is 0 Å². The first-order chi connectivity index (χ1) is 21.1. The number of hydrogen-bond donors (Lipinski definition) is 1. The van der Waals surface area contributed by atoms with Crippen LogP contribution in [0.25, 0.3) is 0 Å². The van der Waals surface area contributed by atoms with Gasteiger partial charge in [-0.2, -0.15) is 0 Å². The van der Waals surface area contributed by atoms with Gasteiger partial charge in [0.15, 0.2) is 0 Å². The molecule has 2 aromatic rings. The molecule has 9 heteroatoms. The molecule has 0 radical (unpaired) electrons. The molecule has 0 spiro atoms. The molecular weight excluding hydrogens is 556 g/mol. The van der Waals surface area contributed by atoms with Crippen molar-refractivity contribution in [2.45, 2.75) is 129 Å². The standard InChI is InChI=1S/C35H52N4O5/c1-5-6-7-8-13-35(4,42)30-10-9-26-25-21-29(44-32(41)39-19-17-37-23-39)28-20-24(43-31(40)38-18-16-36-22-38)11-14-33(28,2)27(25)12-15-34(26,30)3/h16-19,22-30,42H,5-15,20-21H2,1-4H3. The highest BCUT2D eigenvalue weighted by molar-refractivity contribution is 5.70. The maximum Gasteiger partial charge on any atom is 0.419 e. The predicted molar refractivity (Wildman–Crippen MR) is 166 cm³/mol. The van der Waals surface area contributed by atoms with Crippen LogP contribution in [0.1, 0.15) is 111 Å². The highest BCUT2D eigenvalue weighted by atomic mass is 16.6. The Balaban J connectivity index is 1.24. The molecule has 4 aliphatic carbocycles. The summed E-state index contributed by atoms with van der Waals surface area (Å²) in [5, 5.41) is 11.9. The predicted octanol–water partition coefficient (Wildman–Crippen LogP) is 7.48. The third-order valence-corrected chi connectivity index (χ3v) is 12.8. The third-order valence-electron chi connectivity index (χ3n) is 12.8. The monoisotopic (exact) mass is 608 g/mol. The van der Waals surface area contributed by atoms with Crippen molar-refractivity contribution >= 4 is 12.2 Å². The zero-order valence-electron chi connectivity index (χ0n) is 27.1. The Morgan fingerprint density at radius 1 is 0.864 bits per heavy atom. The summed E-state index contributed by atoms with van der Waals surface area (Å²) in [6, 6.07) is 0. The minimum Gasteiger partial charge on any atom is -0.446 e. The van der Waals surface area contributed by atoms with Crippen LogP contribution in [-0.2, 0) is 9.47 Å². The Bertz CT molecular complexity index is 1280. The number of aliphatic hydroxyl groups is 1. The van der Waals surface area contributed by atoms with E-state index in [4.69, 9.17) is 9.47 Å². The lowest BCUT2D eigenvalue weighted by atomic mass is 9.43. The summed E-state index contributed by atoms with van der Waals surface area (Å²) >= 11 is 0. The van der Waals surface area contributed by atoms with Gasteiger partial charge in [0, 0.05) is 30.7 Å². The Kier molecular flexibility index (Phi) is 8.72. The SMILES string of the molecule is CCCCCCC(C)(O)C1CCC2C3CC(OC(=O)n4ccnc4)C4CC(OC(=O)n5ccnc5)CCC4(C)C3CCC21C. The second-order valence-corrected chi connectivity index (χ2v) is 15.2. The summed E-state index contributed by atoms with van der Waals surface area (Å²) in [5.74, 6) is 1.83. The molecule has 10 atom stereocenters. The van der Waals surface area contributed by atoms with E-state index < -0.39 is 17.8 Å². The van der Waals surface area contributed by atoms with E-state index in [0.29, 0.717) is 30.1 Å². The molecule has 0 amide bonds. The van der Waals surface area contributed by atoms with E-state index in [0.717, 1.165) is 57.8 Å². The quantitative estimate of drug-likeness (QED) is 0.310. The van der Waals surface area contributed by atoms with E-state index in [1.165, 1.54) is 41.1 Å². The number of ether oxygens (including phenoxy) is 2. The Morgan fingerprint density at radius 3 is 2.18 bits per heavy atom. The fourth-order valence-electron chi connectivity index (χ4n) is 10.7. The average molecular weight is 609 g/mol. The maximum absolute atomic E-state index is 13.3. The molecule has 2 heterocycles. The topological polar surface area (TPSA) is 108 Å². The Hall–Kier alpha value is -2.68. The largest absolute Gasteiger partial charge is 0.446 e. The van der Waals surface area contributed by atoms with E-state index >= 15 is 0 Å². The number of carbonyl (C=O) groups is 2. The number of hydrogen-bond acceptors (Lipinski definition) is 7. The average Bonchev–Trinajstić information content (AvgIpc) is 3.77. The lowest BCUT2D eigenvalue weighted by molar-refractivity contribution is -0.179. The zero-order chi connectivity index (χ0) is 31.1. The first-order valence-electron chi connectivity index (χ1n) is 17.2. The summed E-state index contributed by atoms with van der Waals surface area (Å²) in [4.78, 5) is 34.2. The number of nitrogens with zero attached hydrogens (tertiary/aromatic N) is 4. The van der Waals surface area contributed by atoms with Crippen LogP contribution in [0.15, 0.2) is 37.4 Å². The number of fused-ring (bicyclic) bond motifs is 5. The van der Waals surface area contributed by atoms with Crippen molar-refractivity contribution in [1.29, 1.82) is 0 Å². The van der Waals surface area contributed by atoms with Gasteiger partial charge in [-0.3, -0.25) is 0 Å². The van der Waals surface area contributed by atoms with Gasteiger partial charge in [-0.05, 0) is 99.2 Å². The van der Waals surface area contributed by atoms with E-state index in [1.54, 1.807) is 24.8 Å². The first kappa shape index (κ1) is 31.3. The molecule has 1 N–H and O–H groups in total. The fourth-order valence-corrected chi connectivity index (χ4v) is 10.7. The molecule has 4 fully saturated rings. The number of imidazole rings is 2. The fraction of sp³-hybridized carbons (Fsp3) is 0.771. The molecule has 44 heavy (non-hydrogen) atoms. The second kappa shape index (κ2) is 12.3. The number of aromatic nitrogens is 4. The van der Waals surface area contributed by atoms with Crippen molar-refractivity contribution in [2.75, 3.05) is 0 Å². The van der Waals surface area contributed by atoms with Crippen molar-refractivity contribution < 1.29 is 24.2 Å². The van der Waals surface area contributed by atoms with Crippen LogP contribution in [-0.4, -0.2) is 54.2 Å². The van der Waals surface area contributed by atoms with Gasteiger partial charge in [-0.25, -0.2) is 28.7 Å². The molecule has 0 bridgehead atoms. The maximum atomic E-state index is 13.3. The van der Waals surface area contributed by atoms with Gasteiger partial charge in [0.2, 0.25) is 0 Å². The van der Waals surface area contributed by atoms with Crippen molar-refractivity contribution in [3.05, 3.63) is 37.4 Å². The lowest BCUT2D eigenvalue weighted by Crippen LogP contribution is -2.60. The van der Waals surface area contributed by atoms with Gasteiger partial charge in [0.05, 0.1) is 5.60 Å². The molecule has 242 valence electrons. The molecule has 2 aromatic heterocycles. The summed E-state index contributed by atoms with van der Waals surface area (Å²) < 4.78 is 15.1. The normalized spacial score (nSPS) is 37.7. The molecule has 0 aromatic carbocycles. The van der Waals surface area contributed by atoms with Gasteiger partial charge >= 0.3 is 12.2 Å². The molecular formula is C35H52N4O5. The number of carbonyl (C=O) groups excluding carboxylic acids is 2. The zero-order valence-corrected chi connectivity index (χ0v) is 27.1. The Labute approximate surface area is 262 Å². The van der Waals surface area contributed by atoms with Crippen LogP contribution in [0, 0.1) is 40.4 Å². The van der Waals surface area contributed by atoms with Gasteiger partial charge in [0.25, 0.3) is 0 Å². The molecule has 4 aliphatic rings. The van der Waals surface area contributed by atoms with Crippen LogP contribution in [0.5, 0.6) is 0 Å². The van der Waals surface area contributed by atoms with Crippen LogP contribution in [0.4, 0.5) is 9.59 Å². The van der Waals surface area contributed by atoms with E-state index in [2.05, 4.69) is 37.7 Å². The summed E-state index contributed by atoms with van der Waals surface area (Å²) in [6.07, 6.45) is 21.3. The highest BCUT2D eigenvalue weighted by Gasteiger charge is 2.64. The van der Waals surface area contributed by atoms with Gasteiger partial charge in [0.1, 0.15) is 24.9 Å². The van der Waals surface area contributed by atoms with Crippen LogP contribution < -0.4 is 0 Å². The summed E-state index contributed by atoms with van der Waals surface area (Å²) in [5.41, 5.74) is -0.604. The first-order valence-corrected chi connectivity index (χ1v) is 17.2. The van der Waals surface area contributed by atoms with Crippen molar-refractivity contribution in [3.8, 4) is 0 Å². The molecule has 6 rings (SSSR count). The number of unbranched alkanes of at least 4 members (excludes halogenated alkanes) is 3. The third kappa shape index (κ3) is 5.62. The van der Waals surface area contributed by atoms with Crippen LogP contribution in [0.2, 0.25) is 0 Å². The molecule has 4 saturated carbocycles. The lowest BCUT2D eigenvalue weighted by Gasteiger charge is -2.63. The molecule has 9 nitrogen and oxygen atoms in total. The van der Waals surface area contributed by atoms with Crippen molar-refractivity contribution in [3.63, 3.8) is 0 Å². The molecule has 0 aliphatic heterocycles. The summed E-state index contributed by atoms with van der Waals surface area (Å²) in [7, 11) is 0. The van der Waals surface area contributed by atoms with Gasteiger partial charge in [-0.1, -0.05) is 46.5 Å². The minimum absolute atomic E-state index is 0.0250. The molecule has 10 unspecified atom stereocenters. The van der Waals surface area contributed by atoms with Crippen molar-refractivity contribution in [1.82, 2.24) is 19.1 Å². The number of rotatable bonds is 8. The highest BCUT2D eigenvalue weighted by Crippen LogP contribution is 2.69. The van der Waals surface area contributed by atoms with Gasteiger partial charge in [-0.15, -0.1) is 0 Å². The summed E-state index contributed by atoms with van der Waals surface area (Å²) in [6.45, 7) is 9.21. The van der Waals surface area contributed by atoms with Crippen molar-refractivity contribution in [2.24, 2.45) is 40.4 Å². The van der Waals surface area contributed by atoms with Crippen LogP contribution in [0.3, 0.4) is 0 Å². The van der Waals surface area contributed by atoms with E-state index in [1.807, 2.05) is 0 Å². The van der Waals surface area contributed by atoms with E-state index in [-0.39, 0.29) is 29.0 Å². The van der Waals surface area contributed by atoms with Gasteiger partial charge < -0.3 is 14.6 Å². The second-order valence-electron chi connectivity index (χ2n) is 15.2. The molecule has 0 saturated heterocycles. The smallest absolute Gasteiger partial charge is 0.419 e.